The Balaban J connectivity index is 1.82. The summed E-state index contributed by atoms with van der Waals surface area (Å²) in [5.74, 6) is -0.236. The number of urea groups is 1. The normalized spacial score (nSPS) is 10.3. The number of benzene rings is 1. The van der Waals surface area contributed by atoms with E-state index in [4.69, 9.17) is 0 Å². The number of imidazole rings is 1. The fraction of sp³-hybridized carbons (Fsp3) is 0.267. The van der Waals surface area contributed by atoms with E-state index in [2.05, 4.69) is 15.6 Å². The average molecular weight is 318 g/mol. The van der Waals surface area contributed by atoms with Gasteiger partial charge in [-0.05, 0) is 37.1 Å². The van der Waals surface area contributed by atoms with Crippen molar-refractivity contribution in [2.24, 2.45) is 7.05 Å². The van der Waals surface area contributed by atoms with Crippen molar-refractivity contribution in [1.82, 2.24) is 14.9 Å². The molecule has 0 radical (unpaired) electrons. The zero-order chi connectivity index (χ0) is 16.1. The number of rotatable bonds is 4. The highest BCUT2D eigenvalue weighted by Gasteiger charge is 2.10. The van der Waals surface area contributed by atoms with Crippen molar-refractivity contribution in [1.29, 1.82) is 0 Å². The molecule has 0 bridgehead atoms. The van der Waals surface area contributed by atoms with Crippen molar-refractivity contribution in [3.8, 4) is 0 Å². The molecule has 0 spiro atoms. The summed E-state index contributed by atoms with van der Waals surface area (Å²) in [5, 5.41) is 5.67. The van der Waals surface area contributed by atoms with Crippen LogP contribution in [-0.2, 0) is 11.8 Å². The van der Waals surface area contributed by atoms with E-state index in [1.54, 1.807) is 18.5 Å². The lowest BCUT2D eigenvalue weighted by Gasteiger charge is -2.08. The first-order valence-electron chi connectivity index (χ1n) is 6.74. The number of imide groups is 1. The van der Waals surface area contributed by atoms with Gasteiger partial charge in [0.2, 0.25) is 5.91 Å². The Kier molecular flexibility index (Phi) is 5.21. The van der Waals surface area contributed by atoms with Gasteiger partial charge >= 0.3 is 6.03 Å². The first kappa shape index (κ1) is 16.1. The van der Waals surface area contributed by atoms with Crippen LogP contribution in [0.1, 0.15) is 11.1 Å². The molecule has 0 aliphatic carbocycles. The smallest absolute Gasteiger partial charge is 0.325 e. The molecule has 2 N–H and O–H groups in total. The van der Waals surface area contributed by atoms with E-state index in [0.717, 1.165) is 16.3 Å². The topological polar surface area (TPSA) is 76.0 Å². The molecule has 0 fully saturated rings. The van der Waals surface area contributed by atoms with Gasteiger partial charge in [-0.15, -0.1) is 0 Å². The lowest BCUT2D eigenvalue weighted by atomic mass is 10.1. The van der Waals surface area contributed by atoms with Crippen LogP contribution in [0, 0.1) is 13.8 Å². The van der Waals surface area contributed by atoms with Crippen molar-refractivity contribution in [3.63, 3.8) is 0 Å². The minimum absolute atomic E-state index is 0.130. The van der Waals surface area contributed by atoms with Crippen LogP contribution in [-0.4, -0.2) is 27.2 Å². The van der Waals surface area contributed by atoms with Gasteiger partial charge < -0.3 is 9.88 Å². The van der Waals surface area contributed by atoms with E-state index in [9.17, 15) is 9.59 Å². The van der Waals surface area contributed by atoms with Gasteiger partial charge in [-0.1, -0.05) is 17.8 Å². The number of nitrogens with one attached hydrogen (secondary N) is 2. The minimum Gasteiger partial charge on any atom is -0.329 e. The molecule has 1 aromatic carbocycles. The maximum atomic E-state index is 11.8. The quantitative estimate of drug-likeness (QED) is 0.849. The highest BCUT2D eigenvalue weighted by Crippen LogP contribution is 2.15. The van der Waals surface area contributed by atoms with Crippen LogP contribution >= 0.6 is 11.8 Å². The molecule has 2 rings (SSSR count). The summed E-state index contributed by atoms with van der Waals surface area (Å²) in [7, 11) is 1.85. The molecule has 0 aliphatic heterocycles. The van der Waals surface area contributed by atoms with Crippen molar-refractivity contribution in [3.05, 3.63) is 41.7 Å². The van der Waals surface area contributed by atoms with Crippen LogP contribution in [0.15, 0.2) is 35.7 Å². The van der Waals surface area contributed by atoms with Crippen molar-refractivity contribution in [2.45, 2.75) is 19.0 Å². The van der Waals surface area contributed by atoms with Gasteiger partial charge in [-0.25, -0.2) is 9.78 Å². The Hall–Kier alpha value is -2.28. The summed E-state index contributed by atoms with van der Waals surface area (Å²) in [6.45, 7) is 3.96. The van der Waals surface area contributed by atoms with Crippen molar-refractivity contribution >= 4 is 29.4 Å². The number of carbonyl (C=O) groups excluding carboxylic acids is 2. The highest BCUT2D eigenvalue weighted by molar-refractivity contribution is 7.99. The van der Waals surface area contributed by atoms with E-state index in [1.807, 2.05) is 37.6 Å². The van der Waals surface area contributed by atoms with Crippen molar-refractivity contribution < 1.29 is 9.59 Å². The Morgan fingerprint density at radius 3 is 2.68 bits per heavy atom. The van der Waals surface area contributed by atoms with E-state index in [0.29, 0.717) is 5.69 Å². The van der Waals surface area contributed by atoms with E-state index < -0.39 is 6.03 Å². The van der Waals surface area contributed by atoms with E-state index in [-0.39, 0.29) is 11.7 Å². The lowest BCUT2D eigenvalue weighted by Crippen LogP contribution is -2.35. The molecular formula is C15H18N4O2S. The third-order valence-electron chi connectivity index (χ3n) is 3.13. The Morgan fingerprint density at radius 2 is 2.05 bits per heavy atom. The molecule has 2 aromatic rings. The second-order valence-corrected chi connectivity index (χ2v) is 5.85. The predicted octanol–water partition coefficient (Wildman–Crippen LogP) is 2.48. The molecule has 0 saturated heterocycles. The predicted molar refractivity (Wildman–Crippen MR) is 87.0 cm³/mol. The number of aromatic nitrogens is 2. The van der Waals surface area contributed by atoms with Gasteiger partial charge in [0.05, 0.1) is 5.75 Å². The fourth-order valence-corrected chi connectivity index (χ4v) is 2.50. The lowest BCUT2D eigenvalue weighted by molar-refractivity contribution is -0.117. The first-order valence-corrected chi connectivity index (χ1v) is 7.72. The summed E-state index contributed by atoms with van der Waals surface area (Å²) in [6, 6.07) is 5.05. The van der Waals surface area contributed by atoms with Crippen LogP contribution in [0.5, 0.6) is 0 Å². The molecular weight excluding hydrogens is 300 g/mol. The first-order chi connectivity index (χ1) is 10.5. The molecule has 1 aromatic heterocycles. The standard InChI is InChI=1S/C15H18N4O2S/c1-10-4-5-12(8-11(10)2)17-14(21)18-13(20)9-22-15-16-6-7-19(15)3/h4-8H,9H2,1-3H3,(H2,17,18,20,21). The Bertz CT molecular complexity index is 697. The largest absolute Gasteiger partial charge is 0.329 e. The number of aryl methyl sites for hydroxylation is 3. The molecule has 22 heavy (non-hydrogen) atoms. The fourth-order valence-electron chi connectivity index (χ4n) is 1.77. The number of nitrogens with zero attached hydrogens (tertiary/aromatic N) is 2. The summed E-state index contributed by atoms with van der Waals surface area (Å²) in [4.78, 5) is 27.6. The summed E-state index contributed by atoms with van der Waals surface area (Å²) in [6.07, 6.45) is 3.46. The molecule has 7 heteroatoms. The van der Waals surface area contributed by atoms with Crippen LogP contribution < -0.4 is 10.6 Å². The molecule has 6 nitrogen and oxygen atoms in total. The minimum atomic E-state index is -0.534. The van der Waals surface area contributed by atoms with Gasteiger partial charge in [0, 0.05) is 25.1 Å². The highest BCUT2D eigenvalue weighted by atomic mass is 32.2. The van der Waals surface area contributed by atoms with Gasteiger partial charge in [-0.3, -0.25) is 10.1 Å². The molecule has 0 atom stereocenters. The summed E-state index contributed by atoms with van der Waals surface area (Å²) in [5.41, 5.74) is 2.88. The molecule has 116 valence electrons. The maximum Gasteiger partial charge on any atom is 0.325 e. The van der Waals surface area contributed by atoms with Crippen LogP contribution in [0.3, 0.4) is 0 Å². The van der Waals surface area contributed by atoms with Crippen molar-refractivity contribution in [2.75, 3.05) is 11.1 Å². The number of hydrogen-bond donors (Lipinski definition) is 2. The second-order valence-electron chi connectivity index (χ2n) is 4.91. The number of anilines is 1. The number of hydrogen-bond acceptors (Lipinski definition) is 4. The summed E-state index contributed by atoms with van der Waals surface area (Å²) < 4.78 is 1.81. The zero-order valence-corrected chi connectivity index (χ0v) is 13.5. The summed E-state index contributed by atoms with van der Waals surface area (Å²) >= 11 is 1.27. The SMILES string of the molecule is Cc1ccc(NC(=O)NC(=O)CSc2nccn2C)cc1C. The van der Waals surface area contributed by atoms with Crippen LogP contribution in [0.4, 0.5) is 10.5 Å². The van der Waals surface area contributed by atoms with Gasteiger partial charge in [-0.2, -0.15) is 0 Å². The molecule has 3 amide bonds. The monoisotopic (exact) mass is 318 g/mol. The third-order valence-corrected chi connectivity index (χ3v) is 4.19. The van der Waals surface area contributed by atoms with E-state index >= 15 is 0 Å². The Labute approximate surface area is 133 Å². The van der Waals surface area contributed by atoms with Gasteiger partial charge in [0.1, 0.15) is 0 Å². The van der Waals surface area contributed by atoms with Crippen LogP contribution in [0.2, 0.25) is 0 Å². The van der Waals surface area contributed by atoms with E-state index in [1.165, 1.54) is 11.8 Å². The second kappa shape index (κ2) is 7.13. The Morgan fingerprint density at radius 1 is 1.27 bits per heavy atom. The number of carbonyl (C=O) groups is 2. The average Bonchev–Trinajstić information content (AvgIpc) is 2.86. The molecule has 0 unspecified atom stereocenters. The number of thioether (sulfide) groups is 1. The van der Waals surface area contributed by atoms with Gasteiger partial charge in [0.15, 0.2) is 5.16 Å². The van der Waals surface area contributed by atoms with Gasteiger partial charge in [0.25, 0.3) is 0 Å². The van der Waals surface area contributed by atoms with Crippen LogP contribution in [0.25, 0.3) is 0 Å². The third kappa shape index (κ3) is 4.36. The molecule has 0 saturated carbocycles. The number of amides is 3. The zero-order valence-electron chi connectivity index (χ0n) is 12.7. The molecule has 1 heterocycles. The maximum absolute atomic E-state index is 11.8. The molecule has 0 aliphatic rings.